The number of anilines is 1. The highest BCUT2D eigenvalue weighted by Crippen LogP contribution is 2.16. The van der Waals surface area contributed by atoms with Gasteiger partial charge >= 0.3 is 0 Å². The molecular formula is C12H18FN3O3S. The van der Waals surface area contributed by atoms with Crippen molar-refractivity contribution >= 4 is 21.6 Å². The van der Waals surface area contributed by atoms with E-state index in [-0.39, 0.29) is 23.7 Å². The molecule has 0 bridgehead atoms. The molecule has 8 heteroatoms. The van der Waals surface area contributed by atoms with E-state index in [1.807, 2.05) is 0 Å². The number of hydrogen-bond acceptors (Lipinski definition) is 5. The summed E-state index contributed by atoms with van der Waals surface area (Å²) in [6.45, 7) is 2.27. The quantitative estimate of drug-likeness (QED) is 0.839. The molecule has 0 aliphatic heterocycles. The minimum atomic E-state index is -3.17. The lowest BCUT2D eigenvalue weighted by atomic mass is 10.2. The summed E-state index contributed by atoms with van der Waals surface area (Å²) >= 11 is 0. The summed E-state index contributed by atoms with van der Waals surface area (Å²) in [5.74, 6) is -1.46. The lowest BCUT2D eigenvalue weighted by molar-refractivity contribution is 0.0799. The molecule has 1 rings (SSSR count). The molecule has 1 heterocycles. The Bertz CT molecular complexity index is 590. The van der Waals surface area contributed by atoms with E-state index in [1.165, 1.54) is 24.2 Å². The van der Waals surface area contributed by atoms with Crippen LogP contribution in [0.1, 0.15) is 17.3 Å². The molecule has 20 heavy (non-hydrogen) atoms. The SMILES string of the molecule is CCNc1nccc(C(=O)N(C)CCS(C)(=O)=O)c1F. The minimum Gasteiger partial charge on any atom is -0.368 e. The average molecular weight is 303 g/mol. The first kappa shape index (κ1) is 16.4. The highest BCUT2D eigenvalue weighted by Gasteiger charge is 2.19. The number of pyridine rings is 1. The van der Waals surface area contributed by atoms with Gasteiger partial charge in [0.2, 0.25) is 0 Å². The van der Waals surface area contributed by atoms with Gasteiger partial charge in [-0.25, -0.2) is 17.8 Å². The second kappa shape index (κ2) is 6.65. The summed E-state index contributed by atoms with van der Waals surface area (Å²) in [6, 6.07) is 1.27. The minimum absolute atomic E-state index is 0.00913. The maximum atomic E-state index is 14.1. The number of amides is 1. The number of carbonyl (C=O) groups is 1. The van der Waals surface area contributed by atoms with Gasteiger partial charge in [0.25, 0.3) is 5.91 Å². The van der Waals surface area contributed by atoms with Crippen molar-refractivity contribution in [3.05, 3.63) is 23.6 Å². The first-order valence-electron chi connectivity index (χ1n) is 6.07. The van der Waals surface area contributed by atoms with Crippen molar-refractivity contribution in [3.63, 3.8) is 0 Å². The number of nitrogens with one attached hydrogen (secondary N) is 1. The van der Waals surface area contributed by atoms with Gasteiger partial charge in [-0.3, -0.25) is 4.79 Å². The molecule has 0 saturated carbocycles. The van der Waals surface area contributed by atoms with E-state index < -0.39 is 21.6 Å². The fraction of sp³-hybridized carbons (Fsp3) is 0.500. The summed E-state index contributed by atoms with van der Waals surface area (Å²) < 4.78 is 36.2. The number of nitrogens with zero attached hydrogens (tertiary/aromatic N) is 2. The Morgan fingerprint density at radius 3 is 2.70 bits per heavy atom. The van der Waals surface area contributed by atoms with Gasteiger partial charge in [-0.05, 0) is 13.0 Å². The highest BCUT2D eigenvalue weighted by molar-refractivity contribution is 7.90. The first-order valence-corrected chi connectivity index (χ1v) is 8.14. The van der Waals surface area contributed by atoms with Crippen molar-refractivity contribution < 1.29 is 17.6 Å². The van der Waals surface area contributed by atoms with E-state index >= 15 is 0 Å². The molecule has 6 nitrogen and oxygen atoms in total. The Labute approximate surface area is 117 Å². The number of sulfone groups is 1. The van der Waals surface area contributed by atoms with Crippen LogP contribution in [0.25, 0.3) is 0 Å². The van der Waals surface area contributed by atoms with Crippen LogP contribution in [0.3, 0.4) is 0 Å². The van der Waals surface area contributed by atoms with Gasteiger partial charge in [0.15, 0.2) is 11.6 Å². The smallest absolute Gasteiger partial charge is 0.256 e. The molecule has 1 aromatic heterocycles. The third-order valence-electron chi connectivity index (χ3n) is 2.61. The predicted octanol–water partition coefficient (Wildman–Crippen LogP) is 0.769. The van der Waals surface area contributed by atoms with Gasteiger partial charge in [-0.2, -0.15) is 0 Å². The van der Waals surface area contributed by atoms with Crippen LogP contribution in [0.5, 0.6) is 0 Å². The van der Waals surface area contributed by atoms with E-state index in [9.17, 15) is 17.6 Å². The van der Waals surface area contributed by atoms with Crippen molar-refractivity contribution in [2.45, 2.75) is 6.92 Å². The monoisotopic (exact) mass is 303 g/mol. The summed E-state index contributed by atoms with van der Waals surface area (Å²) in [7, 11) is -1.74. The maximum Gasteiger partial charge on any atom is 0.256 e. The van der Waals surface area contributed by atoms with E-state index in [0.717, 1.165) is 6.26 Å². The van der Waals surface area contributed by atoms with Crippen molar-refractivity contribution in [1.29, 1.82) is 0 Å². The summed E-state index contributed by atoms with van der Waals surface area (Å²) in [5, 5.41) is 2.71. The van der Waals surface area contributed by atoms with Crippen LogP contribution in [-0.4, -0.2) is 56.4 Å². The number of halogens is 1. The van der Waals surface area contributed by atoms with Crippen molar-refractivity contribution in [1.82, 2.24) is 9.88 Å². The number of aromatic nitrogens is 1. The highest BCUT2D eigenvalue weighted by atomic mass is 32.2. The van der Waals surface area contributed by atoms with Gasteiger partial charge in [-0.15, -0.1) is 0 Å². The topological polar surface area (TPSA) is 79.4 Å². The lowest BCUT2D eigenvalue weighted by Crippen LogP contribution is -2.32. The Hall–Kier alpha value is -1.70. The van der Waals surface area contributed by atoms with Crippen molar-refractivity contribution in [2.75, 3.05) is 37.5 Å². The van der Waals surface area contributed by atoms with E-state index in [2.05, 4.69) is 10.3 Å². The Kier molecular flexibility index (Phi) is 5.43. The molecule has 0 spiro atoms. The Morgan fingerprint density at radius 2 is 2.15 bits per heavy atom. The summed E-state index contributed by atoms with van der Waals surface area (Å²) in [4.78, 5) is 17.1. The fourth-order valence-electron chi connectivity index (χ4n) is 1.51. The van der Waals surface area contributed by atoms with Gasteiger partial charge in [0.05, 0.1) is 11.3 Å². The molecule has 0 fully saturated rings. The molecule has 112 valence electrons. The zero-order chi connectivity index (χ0) is 15.3. The fourth-order valence-corrected chi connectivity index (χ4v) is 2.12. The molecule has 0 aliphatic rings. The van der Waals surface area contributed by atoms with E-state index in [1.54, 1.807) is 6.92 Å². The molecule has 0 saturated heterocycles. The van der Waals surface area contributed by atoms with Crippen LogP contribution in [0.2, 0.25) is 0 Å². The standard InChI is InChI=1S/C12H18FN3O3S/c1-4-14-11-10(13)9(5-6-15-11)12(17)16(2)7-8-20(3,18)19/h5-6H,4,7-8H2,1-3H3,(H,14,15). The lowest BCUT2D eigenvalue weighted by Gasteiger charge is -2.17. The second-order valence-corrected chi connectivity index (χ2v) is 6.67. The van der Waals surface area contributed by atoms with Gasteiger partial charge in [-0.1, -0.05) is 0 Å². The number of carbonyl (C=O) groups excluding carboxylic acids is 1. The largest absolute Gasteiger partial charge is 0.368 e. The molecule has 0 radical (unpaired) electrons. The molecule has 1 aromatic rings. The van der Waals surface area contributed by atoms with Crippen LogP contribution < -0.4 is 5.32 Å². The predicted molar refractivity (Wildman–Crippen MR) is 75.0 cm³/mol. The zero-order valence-corrected chi connectivity index (χ0v) is 12.5. The van der Waals surface area contributed by atoms with Crippen LogP contribution >= 0.6 is 0 Å². The van der Waals surface area contributed by atoms with E-state index in [0.29, 0.717) is 6.54 Å². The average Bonchev–Trinajstić information content (AvgIpc) is 2.37. The molecule has 0 atom stereocenters. The van der Waals surface area contributed by atoms with Gasteiger partial charge in [0.1, 0.15) is 9.84 Å². The molecular weight excluding hydrogens is 285 g/mol. The van der Waals surface area contributed by atoms with Crippen LogP contribution in [-0.2, 0) is 9.84 Å². The van der Waals surface area contributed by atoms with Crippen molar-refractivity contribution in [2.24, 2.45) is 0 Å². The van der Waals surface area contributed by atoms with Crippen LogP contribution in [0, 0.1) is 5.82 Å². The van der Waals surface area contributed by atoms with E-state index in [4.69, 9.17) is 0 Å². The Balaban J connectivity index is 2.89. The molecule has 0 aromatic carbocycles. The maximum absolute atomic E-state index is 14.1. The van der Waals surface area contributed by atoms with Crippen LogP contribution in [0.15, 0.2) is 12.3 Å². The summed E-state index contributed by atoms with van der Waals surface area (Å²) in [6.07, 6.45) is 2.42. The number of rotatable bonds is 6. The third-order valence-corrected chi connectivity index (χ3v) is 3.53. The van der Waals surface area contributed by atoms with Crippen LogP contribution in [0.4, 0.5) is 10.2 Å². The third kappa shape index (κ3) is 4.44. The second-order valence-electron chi connectivity index (χ2n) is 4.41. The number of hydrogen-bond donors (Lipinski definition) is 1. The van der Waals surface area contributed by atoms with Gasteiger partial charge in [0, 0.05) is 32.6 Å². The molecule has 0 aliphatic carbocycles. The zero-order valence-electron chi connectivity index (χ0n) is 11.7. The molecule has 1 N–H and O–H groups in total. The molecule has 0 unspecified atom stereocenters. The summed E-state index contributed by atoms with van der Waals surface area (Å²) in [5.41, 5.74) is -0.132. The van der Waals surface area contributed by atoms with Gasteiger partial charge < -0.3 is 10.2 Å². The normalized spacial score (nSPS) is 11.2. The Morgan fingerprint density at radius 1 is 1.50 bits per heavy atom. The van der Waals surface area contributed by atoms with Crippen molar-refractivity contribution in [3.8, 4) is 0 Å². The first-order chi connectivity index (χ1) is 9.26. The molecule has 1 amide bonds.